The number of carbonyl (C=O) groups excluding carboxylic acids is 1. The molecule has 0 unspecified atom stereocenters. The first-order chi connectivity index (χ1) is 10.3. The van der Waals surface area contributed by atoms with Gasteiger partial charge in [-0.25, -0.2) is 0 Å². The van der Waals surface area contributed by atoms with Crippen LogP contribution in [0, 0.1) is 0 Å². The third-order valence-electron chi connectivity index (χ3n) is 5.01. The molecule has 0 aromatic heterocycles. The smallest absolute Gasteiger partial charge is 1.00 e. The molecule has 122 valence electrons. The molecule has 0 radical (unpaired) electrons. The molecule has 1 heterocycles. The molecular weight excluding hydrogens is 298 g/mol. The van der Waals surface area contributed by atoms with Crippen LogP contribution in [-0.2, 0) is 14.9 Å². The van der Waals surface area contributed by atoms with Crippen molar-refractivity contribution in [1.29, 1.82) is 0 Å². The number of rotatable bonds is 5. The Balaban J connectivity index is 0.00000132. The zero-order valence-electron chi connectivity index (χ0n) is 14.1. The van der Waals surface area contributed by atoms with Gasteiger partial charge in [0.05, 0.1) is 5.41 Å². The average Bonchev–Trinajstić information content (AvgIpc) is 3.20. The van der Waals surface area contributed by atoms with Crippen LogP contribution in [0.2, 0.25) is 0 Å². The van der Waals surface area contributed by atoms with E-state index in [0.29, 0.717) is 6.61 Å². The summed E-state index contributed by atoms with van der Waals surface area (Å²) < 4.78 is 5.67. The SMILES string of the molecule is O=C(OCCN1CCCC1)C1(c2ccccc2)CCCC1.[Cl-].[H+]. The van der Waals surface area contributed by atoms with Gasteiger partial charge in [-0.1, -0.05) is 43.2 Å². The molecule has 3 rings (SSSR count). The van der Waals surface area contributed by atoms with E-state index >= 15 is 0 Å². The number of ether oxygens (including phenoxy) is 1. The van der Waals surface area contributed by atoms with E-state index in [4.69, 9.17) is 4.74 Å². The Morgan fingerprint density at radius 3 is 2.36 bits per heavy atom. The summed E-state index contributed by atoms with van der Waals surface area (Å²) in [5.74, 6) is -0.00889. The average molecular weight is 324 g/mol. The fourth-order valence-electron chi connectivity index (χ4n) is 3.76. The third kappa shape index (κ3) is 3.64. The predicted octanol–water partition coefficient (Wildman–Crippen LogP) is 0.254. The molecule has 1 saturated carbocycles. The van der Waals surface area contributed by atoms with Gasteiger partial charge in [-0.05, 0) is 44.3 Å². The standard InChI is InChI=1S/C18H25NO2.ClH/c20-17(21-15-14-19-12-6-7-13-19)18(10-4-5-11-18)16-8-2-1-3-9-16;/h1-3,8-9H,4-7,10-15H2;1H. The highest BCUT2D eigenvalue weighted by Crippen LogP contribution is 2.42. The van der Waals surface area contributed by atoms with Crippen molar-refractivity contribution in [3.8, 4) is 0 Å². The van der Waals surface area contributed by atoms with Crippen LogP contribution in [0.25, 0.3) is 0 Å². The highest BCUT2D eigenvalue weighted by atomic mass is 35.5. The Bertz CT molecular complexity index is 471. The lowest BCUT2D eigenvalue weighted by Gasteiger charge is -2.27. The molecule has 0 amide bonds. The van der Waals surface area contributed by atoms with Gasteiger partial charge in [-0.2, -0.15) is 0 Å². The summed E-state index contributed by atoms with van der Waals surface area (Å²) in [6.45, 7) is 3.73. The van der Waals surface area contributed by atoms with Crippen molar-refractivity contribution in [2.75, 3.05) is 26.2 Å². The van der Waals surface area contributed by atoms with Gasteiger partial charge in [0, 0.05) is 6.54 Å². The fraction of sp³-hybridized carbons (Fsp3) is 0.611. The molecule has 0 atom stereocenters. The number of nitrogens with zero attached hydrogens (tertiary/aromatic N) is 1. The van der Waals surface area contributed by atoms with E-state index in [-0.39, 0.29) is 25.2 Å². The Morgan fingerprint density at radius 2 is 1.73 bits per heavy atom. The first-order valence-electron chi connectivity index (χ1n) is 8.26. The monoisotopic (exact) mass is 323 g/mol. The van der Waals surface area contributed by atoms with E-state index in [2.05, 4.69) is 17.0 Å². The molecule has 1 saturated heterocycles. The van der Waals surface area contributed by atoms with Gasteiger partial charge in [-0.3, -0.25) is 9.69 Å². The summed E-state index contributed by atoms with van der Waals surface area (Å²) >= 11 is 0. The van der Waals surface area contributed by atoms with Crippen LogP contribution in [-0.4, -0.2) is 37.1 Å². The van der Waals surface area contributed by atoms with Crippen LogP contribution in [0.15, 0.2) is 30.3 Å². The maximum Gasteiger partial charge on any atom is 1.00 e. The molecule has 0 spiro atoms. The second-order valence-corrected chi connectivity index (χ2v) is 6.34. The van der Waals surface area contributed by atoms with Crippen LogP contribution in [0.4, 0.5) is 0 Å². The molecule has 22 heavy (non-hydrogen) atoms. The summed E-state index contributed by atoms with van der Waals surface area (Å²) in [6.07, 6.45) is 6.66. The Hall–Kier alpha value is -1.06. The molecule has 2 fully saturated rings. The minimum absolute atomic E-state index is 0. The summed E-state index contributed by atoms with van der Waals surface area (Å²) in [7, 11) is 0. The second-order valence-electron chi connectivity index (χ2n) is 6.34. The summed E-state index contributed by atoms with van der Waals surface area (Å²) in [4.78, 5) is 15.1. The molecule has 0 bridgehead atoms. The van der Waals surface area contributed by atoms with Crippen LogP contribution in [0.3, 0.4) is 0 Å². The number of benzene rings is 1. The number of carbonyl (C=O) groups is 1. The zero-order valence-corrected chi connectivity index (χ0v) is 13.9. The van der Waals surface area contributed by atoms with E-state index in [1.54, 1.807) is 0 Å². The first kappa shape index (κ1) is 17.3. The van der Waals surface area contributed by atoms with Crippen molar-refractivity contribution < 1.29 is 23.4 Å². The molecule has 1 aromatic carbocycles. The van der Waals surface area contributed by atoms with E-state index in [0.717, 1.165) is 50.9 Å². The quantitative estimate of drug-likeness (QED) is 0.728. The van der Waals surface area contributed by atoms with Crippen LogP contribution < -0.4 is 12.4 Å². The van der Waals surface area contributed by atoms with E-state index in [1.807, 2.05) is 18.2 Å². The lowest BCUT2D eigenvalue weighted by atomic mass is 9.79. The second kappa shape index (κ2) is 7.98. The Labute approximate surface area is 140 Å². The van der Waals surface area contributed by atoms with Crippen molar-refractivity contribution in [2.24, 2.45) is 0 Å². The molecular formula is C18H26ClNO2. The lowest BCUT2D eigenvalue weighted by molar-refractivity contribution is -0.151. The normalized spacial score (nSPS) is 20.5. The molecule has 1 aliphatic carbocycles. The van der Waals surface area contributed by atoms with Gasteiger partial charge in [0.15, 0.2) is 0 Å². The molecule has 4 heteroatoms. The number of hydrogen-bond acceptors (Lipinski definition) is 3. The van der Waals surface area contributed by atoms with Crippen molar-refractivity contribution in [2.45, 2.75) is 43.9 Å². The number of likely N-dealkylation sites (tertiary alicyclic amines) is 1. The van der Waals surface area contributed by atoms with Gasteiger partial charge in [-0.15, -0.1) is 0 Å². The largest absolute Gasteiger partial charge is 1.00 e. The maximum absolute atomic E-state index is 12.7. The summed E-state index contributed by atoms with van der Waals surface area (Å²) in [5, 5.41) is 0. The van der Waals surface area contributed by atoms with E-state index < -0.39 is 0 Å². The highest BCUT2D eigenvalue weighted by molar-refractivity contribution is 5.83. The molecule has 2 aliphatic rings. The van der Waals surface area contributed by atoms with Crippen LogP contribution in [0.1, 0.15) is 45.5 Å². The molecule has 1 aromatic rings. The van der Waals surface area contributed by atoms with Gasteiger partial charge < -0.3 is 17.1 Å². The molecule has 1 aliphatic heterocycles. The van der Waals surface area contributed by atoms with Crippen molar-refractivity contribution in [3.05, 3.63) is 35.9 Å². The van der Waals surface area contributed by atoms with Gasteiger partial charge >= 0.3 is 7.40 Å². The van der Waals surface area contributed by atoms with Crippen LogP contribution >= 0.6 is 0 Å². The first-order valence-corrected chi connectivity index (χ1v) is 8.26. The highest BCUT2D eigenvalue weighted by Gasteiger charge is 2.44. The Kier molecular flexibility index (Phi) is 6.27. The topological polar surface area (TPSA) is 29.5 Å². The number of hydrogen-bond donors (Lipinski definition) is 0. The Morgan fingerprint density at radius 1 is 1.09 bits per heavy atom. The maximum atomic E-state index is 12.7. The number of esters is 1. The molecule has 0 N–H and O–H groups in total. The fourth-order valence-corrected chi connectivity index (χ4v) is 3.76. The molecule has 3 nitrogen and oxygen atoms in total. The third-order valence-corrected chi connectivity index (χ3v) is 5.01. The lowest BCUT2D eigenvalue weighted by Crippen LogP contribution is -3.00. The van der Waals surface area contributed by atoms with Crippen molar-refractivity contribution in [1.82, 2.24) is 4.90 Å². The van der Waals surface area contributed by atoms with Gasteiger partial charge in [0.25, 0.3) is 0 Å². The van der Waals surface area contributed by atoms with Gasteiger partial charge in [0.2, 0.25) is 0 Å². The summed E-state index contributed by atoms with van der Waals surface area (Å²) in [6, 6.07) is 10.2. The van der Waals surface area contributed by atoms with E-state index in [9.17, 15) is 4.79 Å². The van der Waals surface area contributed by atoms with Crippen molar-refractivity contribution >= 4 is 5.97 Å². The van der Waals surface area contributed by atoms with Gasteiger partial charge in [0.1, 0.15) is 6.61 Å². The number of halogens is 1. The summed E-state index contributed by atoms with van der Waals surface area (Å²) in [5.41, 5.74) is 0.750. The van der Waals surface area contributed by atoms with Crippen molar-refractivity contribution in [3.63, 3.8) is 0 Å². The zero-order chi connectivity index (χ0) is 14.5. The predicted molar refractivity (Wildman–Crippen MR) is 84.3 cm³/mol. The van der Waals surface area contributed by atoms with Crippen LogP contribution in [0.5, 0.6) is 0 Å². The minimum atomic E-state index is -0.383. The minimum Gasteiger partial charge on any atom is -1.00 e. The van der Waals surface area contributed by atoms with E-state index in [1.165, 1.54) is 12.8 Å².